The molecule has 2 saturated heterocycles. The van der Waals surface area contributed by atoms with Crippen molar-refractivity contribution in [2.75, 3.05) is 19.8 Å². The van der Waals surface area contributed by atoms with E-state index < -0.39 is 24.1 Å². The van der Waals surface area contributed by atoms with Gasteiger partial charge in [0.15, 0.2) is 6.29 Å². The third kappa shape index (κ3) is 2.35. The molecule has 5 atom stereocenters. The number of aliphatic hydroxyl groups excluding tert-OH is 2. The van der Waals surface area contributed by atoms with Gasteiger partial charge in [0.25, 0.3) is 0 Å². The number of unbranched alkanes of at least 4 members (excludes halogenated alkanes) is 1. The third-order valence-electron chi connectivity index (χ3n) is 3.66. The van der Waals surface area contributed by atoms with E-state index >= 15 is 0 Å². The molecule has 0 spiro atoms. The Bertz CT molecular complexity index is 259. The molecule has 2 heterocycles. The van der Waals surface area contributed by atoms with Crippen LogP contribution in [0.1, 0.15) is 26.7 Å². The zero-order valence-electron chi connectivity index (χ0n) is 10.5. The highest BCUT2D eigenvalue weighted by molar-refractivity contribution is 5.02. The molecule has 2 rings (SSSR count). The van der Waals surface area contributed by atoms with E-state index in [1.165, 1.54) is 0 Å². The van der Waals surface area contributed by atoms with E-state index in [1.807, 2.05) is 6.92 Å². The SMILES string of the molecule is CCCCOC[C@@]12CO[C@@H](O1)[C@H](C)[C@@H](O)[C@H]2O. The Morgan fingerprint density at radius 3 is 2.88 bits per heavy atom. The first-order valence-corrected chi connectivity index (χ1v) is 6.34. The lowest BCUT2D eigenvalue weighted by molar-refractivity contribution is -0.248. The van der Waals surface area contributed by atoms with Crippen molar-refractivity contribution in [3.8, 4) is 0 Å². The summed E-state index contributed by atoms with van der Waals surface area (Å²) in [7, 11) is 0. The summed E-state index contributed by atoms with van der Waals surface area (Å²) in [5, 5.41) is 20.0. The third-order valence-corrected chi connectivity index (χ3v) is 3.66. The molecule has 2 bridgehead atoms. The van der Waals surface area contributed by atoms with Crippen LogP contribution in [0.3, 0.4) is 0 Å². The molecule has 0 amide bonds. The van der Waals surface area contributed by atoms with Crippen molar-refractivity contribution in [1.82, 2.24) is 0 Å². The second-order valence-corrected chi connectivity index (χ2v) is 5.06. The monoisotopic (exact) mass is 246 g/mol. The normalized spacial score (nSPS) is 45.2. The molecule has 17 heavy (non-hydrogen) atoms. The van der Waals surface area contributed by atoms with E-state index in [0.29, 0.717) is 6.61 Å². The number of ether oxygens (including phenoxy) is 3. The molecule has 2 fully saturated rings. The first-order valence-electron chi connectivity index (χ1n) is 6.34. The number of hydrogen-bond donors (Lipinski definition) is 2. The minimum atomic E-state index is -0.946. The van der Waals surface area contributed by atoms with Gasteiger partial charge in [-0.3, -0.25) is 0 Å². The van der Waals surface area contributed by atoms with Crippen molar-refractivity contribution >= 4 is 0 Å². The van der Waals surface area contributed by atoms with Gasteiger partial charge in [0.05, 0.1) is 19.3 Å². The molecule has 0 saturated carbocycles. The minimum Gasteiger partial charge on any atom is -0.390 e. The summed E-state index contributed by atoms with van der Waals surface area (Å²) in [4.78, 5) is 0. The molecule has 5 heteroatoms. The Kier molecular flexibility index (Phi) is 4.05. The quantitative estimate of drug-likeness (QED) is 0.682. The first kappa shape index (κ1) is 13.2. The van der Waals surface area contributed by atoms with Gasteiger partial charge in [-0.15, -0.1) is 0 Å². The standard InChI is InChI=1S/C12H22O5/c1-3-4-5-15-6-12-7-16-11(17-12)8(2)9(13)10(12)14/h8-11,13-14H,3-7H2,1-2H3/t8-,9-,10-,11+,12+/m1/s1. The van der Waals surface area contributed by atoms with Crippen LogP contribution in [0.5, 0.6) is 0 Å². The Labute approximate surface area is 102 Å². The van der Waals surface area contributed by atoms with Crippen molar-refractivity contribution in [2.24, 2.45) is 5.92 Å². The topological polar surface area (TPSA) is 68.2 Å². The summed E-state index contributed by atoms with van der Waals surface area (Å²) in [6, 6.07) is 0. The molecule has 0 aromatic carbocycles. The van der Waals surface area contributed by atoms with Crippen molar-refractivity contribution in [1.29, 1.82) is 0 Å². The van der Waals surface area contributed by atoms with Gasteiger partial charge in [-0.25, -0.2) is 0 Å². The van der Waals surface area contributed by atoms with Gasteiger partial charge >= 0.3 is 0 Å². The highest BCUT2D eigenvalue weighted by Gasteiger charge is 2.57. The fourth-order valence-corrected chi connectivity index (χ4v) is 2.35. The molecular weight excluding hydrogens is 224 g/mol. The van der Waals surface area contributed by atoms with Gasteiger partial charge in [0, 0.05) is 12.5 Å². The van der Waals surface area contributed by atoms with E-state index in [1.54, 1.807) is 0 Å². The van der Waals surface area contributed by atoms with Gasteiger partial charge in [-0.05, 0) is 6.42 Å². The lowest BCUT2D eigenvalue weighted by Crippen LogP contribution is -2.60. The van der Waals surface area contributed by atoms with Crippen molar-refractivity contribution < 1.29 is 24.4 Å². The van der Waals surface area contributed by atoms with Crippen molar-refractivity contribution in [3.05, 3.63) is 0 Å². The lowest BCUT2D eigenvalue weighted by atomic mass is 9.86. The van der Waals surface area contributed by atoms with Crippen LogP contribution in [0, 0.1) is 5.92 Å². The average Bonchev–Trinajstić information content (AvgIpc) is 2.74. The molecule has 0 radical (unpaired) electrons. The van der Waals surface area contributed by atoms with Crippen LogP contribution in [0.25, 0.3) is 0 Å². The number of fused-ring (bicyclic) bond motifs is 2. The van der Waals surface area contributed by atoms with E-state index in [9.17, 15) is 10.2 Å². The van der Waals surface area contributed by atoms with Gasteiger partial charge in [-0.1, -0.05) is 20.3 Å². The van der Waals surface area contributed by atoms with E-state index in [0.717, 1.165) is 12.8 Å². The molecule has 2 N–H and O–H groups in total. The molecule has 0 aliphatic carbocycles. The summed E-state index contributed by atoms with van der Waals surface area (Å²) in [6.07, 6.45) is -0.142. The lowest BCUT2D eigenvalue weighted by Gasteiger charge is -2.41. The predicted molar refractivity (Wildman–Crippen MR) is 60.5 cm³/mol. The summed E-state index contributed by atoms with van der Waals surface area (Å²) >= 11 is 0. The fourth-order valence-electron chi connectivity index (χ4n) is 2.35. The Hall–Kier alpha value is -0.200. The maximum atomic E-state index is 10.1. The summed E-state index contributed by atoms with van der Waals surface area (Å²) in [5.41, 5.74) is -0.885. The maximum Gasteiger partial charge on any atom is 0.163 e. The predicted octanol–water partition coefficient (Wildman–Crippen LogP) is 0.286. The van der Waals surface area contributed by atoms with Crippen LogP contribution >= 0.6 is 0 Å². The molecule has 0 aromatic heterocycles. The molecule has 0 unspecified atom stereocenters. The number of aliphatic hydroxyl groups is 2. The molecule has 2 aliphatic heterocycles. The number of hydrogen-bond acceptors (Lipinski definition) is 5. The van der Waals surface area contributed by atoms with E-state index in [2.05, 4.69) is 6.92 Å². The highest BCUT2D eigenvalue weighted by atomic mass is 16.7. The summed E-state index contributed by atoms with van der Waals surface area (Å²) in [5.74, 6) is -0.212. The maximum absolute atomic E-state index is 10.1. The minimum absolute atomic E-state index is 0.212. The summed E-state index contributed by atoms with van der Waals surface area (Å²) < 4.78 is 16.7. The zero-order chi connectivity index (χ0) is 12.5. The fraction of sp³-hybridized carbons (Fsp3) is 1.00. The van der Waals surface area contributed by atoms with Crippen LogP contribution in [0.4, 0.5) is 0 Å². The zero-order valence-corrected chi connectivity index (χ0v) is 10.5. The van der Waals surface area contributed by atoms with Crippen LogP contribution in [0.2, 0.25) is 0 Å². The molecule has 0 aromatic rings. The molecule has 2 aliphatic rings. The highest BCUT2D eigenvalue weighted by Crippen LogP contribution is 2.39. The van der Waals surface area contributed by atoms with Crippen molar-refractivity contribution in [3.63, 3.8) is 0 Å². The second-order valence-electron chi connectivity index (χ2n) is 5.06. The largest absolute Gasteiger partial charge is 0.390 e. The first-order chi connectivity index (χ1) is 8.10. The Morgan fingerprint density at radius 1 is 1.41 bits per heavy atom. The smallest absolute Gasteiger partial charge is 0.163 e. The summed E-state index contributed by atoms with van der Waals surface area (Å²) in [6.45, 7) is 5.10. The molecule has 100 valence electrons. The average molecular weight is 246 g/mol. The van der Waals surface area contributed by atoms with Crippen LogP contribution in [-0.4, -0.2) is 54.1 Å². The van der Waals surface area contributed by atoms with E-state index in [-0.39, 0.29) is 19.1 Å². The van der Waals surface area contributed by atoms with Crippen LogP contribution in [0.15, 0.2) is 0 Å². The number of rotatable bonds is 5. The molecular formula is C12H22O5. The Morgan fingerprint density at radius 2 is 2.18 bits per heavy atom. The Balaban J connectivity index is 1.95. The van der Waals surface area contributed by atoms with Gasteiger partial charge in [-0.2, -0.15) is 0 Å². The molecule has 5 nitrogen and oxygen atoms in total. The van der Waals surface area contributed by atoms with Gasteiger partial charge < -0.3 is 24.4 Å². The van der Waals surface area contributed by atoms with Gasteiger partial charge in [0.1, 0.15) is 11.7 Å². The van der Waals surface area contributed by atoms with Gasteiger partial charge in [0.2, 0.25) is 0 Å². The van der Waals surface area contributed by atoms with Crippen LogP contribution < -0.4 is 0 Å². The van der Waals surface area contributed by atoms with Crippen LogP contribution in [-0.2, 0) is 14.2 Å². The second kappa shape index (κ2) is 5.20. The van der Waals surface area contributed by atoms with E-state index in [4.69, 9.17) is 14.2 Å². The van der Waals surface area contributed by atoms with Crippen molar-refractivity contribution in [2.45, 2.75) is 50.8 Å².